The van der Waals surface area contributed by atoms with Crippen molar-refractivity contribution in [3.05, 3.63) is 78.9 Å². The van der Waals surface area contributed by atoms with E-state index in [4.69, 9.17) is 4.55 Å². The van der Waals surface area contributed by atoms with Gasteiger partial charge in [-0.2, -0.15) is 8.42 Å². The van der Waals surface area contributed by atoms with Gasteiger partial charge in [-0.25, -0.2) is 0 Å². The maximum atomic E-state index is 10.1. The third-order valence-electron chi connectivity index (χ3n) is 2.60. The molecule has 0 bridgehead atoms. The summed E-state index contributed by atoms with van der Waals surface area (Å²) in [6.45, 7) is 0. The first-order valence-electron chi connectivity index (χ1n) is 6.20. The molecule has 0 unspecified atom stereocenters. The number of benzene rings is 3. The minimum atomic E-state index is -4.38. The molecule has 0 radical (unpaired) electrons. The van der Waals surface area contributed by atoms with E-state index < -0.39 is 10.4 Å². The summed E-state index contributed by atoms with van der Waals surface area (Å²) in [5.74, 6) is 0.0926. The van der Waals surface area contributed by atoms with E-state index in [1.807, 2.05) is 0 Å². The molecule has 0 spiro atoms. The van der Waals surface area contributed by atoms with E-state index in [0.29, 0.717) is 0 Å². The molecule has 0 aliphatic heterocycles. The summed E-state index contributed by atoms with van der Waals surface area (Å²) in [6.07, 6.45) is 0. The minimum absolute atomic E-state index is 0.0926. The topological polar surface area (TPSA) is 63.6 Å². The fourth-order valence-corrected chi connectivity index (χ4v) is 2.08. The van der Waals surface area contributed by atoms with Crippen molar-refractivity contribution in [3.63, 3.8) is 0 Å². The second-order valence-electron chi connectivity index (χ2n) is 4.17. The molecule has 0 atom stereocenters. The molecule has 0 saturated carbocycles. The Morgan fingerprint density at radius 3 is 1.43 bits per heavy atom. The smallest absolute Gasteiger partial charge is 0.362 e. The van der Waals surface area contributed by atoms with Crippen LogP contribution in [0.15, 0.2) is 78.9 Å². The van der Waals surface area contributed by atoms with E-state index in [9.17, 15) is 8.42 Å². The van der Waals surface area contributed by atoms with E-state index in [1.165, 1.54) is 22.9 Å². The van der Waals surface area contributed by atoms with Crippen LogP contribution in [0.25, 0.3) is 10.8 Å². The molecule has 3 rings (SSSR count). The zero-order valence-corrected chi connectivity index (χ0v) is 11.9. The van der Waals surface area contributed by atoms with Crippen LogP contribution in [0.2, 0.25) is 0 Å². The first-order chi connectivity index (χ1) is 10.0. The van der Waals surface area contributed by atoms with E-state index in [2.05, 4.69) is 52.7 Å². The van der Waals surface area contributed by atoms with Gasteiger partial charge in [0.25, 0.3) is 0 Å². The van der Waals surface area contributed by atoms with Crippen molar-refractivity contribution in [2.24, 2.45) is 0 Å². The summed E-state index contributed by atoms with van der Waals surface area (Å²) in [5.41, 5.74) is 0. The Labute approximate surface area is 123 Å². The summed E-state index contributed by atoms with van der Waals surface area (Å²) < 4.78 is 32.6. The van der Waals surface area contributed by atoms with E-state index >= 15 is 0 Å². The van der Waals surface area contributed by atoms with Crippen molar-refractivity contribution in [2.45, 2.75) is 0 Å². The molecule has 0 heterocycles. The lowest BCUT2D eigenvalue weighted by Crippen LogP contribution is -2.06. The maximum absolute atomic E-state index is 10.1. The van der Waals surface area contributed by atoms with Crippen LogP contribution in [0.3, 0.4) is 0 Å². The van der Waals surface area contributed by atoms with Gasteiger partial charge in [-0.1, -0.05) is 66.7 Å². The van der Waals surface area contributed by atoms with Gasteiger partial charge >= 0.3 is 10.4 Å². The molecule has 4 nitrogen and oxygen atoms in total. The van der Waals surface area contributed by atoms with Crippen LogP contribution in [0.5, 0.6) is 5.75 Å². The van der Waals surface area contributed by atoms with Crippen LogP contribution < -0.4 is 4.18 Å². The van der Waals surface area contributed by atoms with Gasteiger partial charge in [-0.05, 0) is 22.9 Å². The van der Waals surface area contributed by atoms with Gasteiger partial charge in [-0.15, -0.1) is 0 Å². The van der Waals surface area contributed by atoms with Crippen molar-refractivity contribution in [3.8, 4) is 5.75 Å². The summed E-state index contributed by atoms with van der Waals surface area (Å²) in [6, 6.07) is 24.5. The Bertz CT molecular complexity index is 733. The van der Waals surface area contributed by atoms with E-state index in [1.54, 1.807) is 18.2 Å². The van der Waals surface area contributed by atoms with Crippen molar-refractivity contribution in [1.29, 1.82) is 0 Å². The highest BCUT2D eigenvalue weighted by Gasteiger charge is 2.04. The van der Waals surface area contributed by atoms with Gasteiger partial charge in [0.05, 0.1) is 0 Å². The van der Waals surface area contributed by atoms with Crippen LogP contribution in [-0.2, 0) is 10.4 Å². The molecular weight excluding hydrogens is 288 g/mol. The number of fused-ring (bicyclic) bond motifs is 1. The molecule has 3 aromatic carbocycles. The molecular formula is C16H14O4S. The molecule has 0 saturated heterocycles. The van der Waals surface area contributed by atoms with Crippen LogP contribution in [0, 0.1) is 0 Å². The van der Waals surface area contributed by atoms with Crippen LogP contribution >= 0.6 is 0 Å². The summed E-state index contributed by atoms with van der Waals surface area (Å²) in [4.78, 5) is 0. The number of hydrogen-bond acceptors (Lipinski definition) is 3. The summed E-state index contributed by atoms with van der Waals surface area (Å²) in [5, 5.41) is 2.62. The normalized spacial score (nSPS) is 10.5. The van der Waals surface area contributed by atoms with Crippen LogP contribution in [-0.4, -0.2) is 13.0 Å². The molecule has 108 valence electrons. The average Bonchev–Trinajstić information content (AvgIpc) is 2.47. The molecule has 0 aliphatic carbocycles. The SMILES string of the molecule is O=S(=O)(O)Oc1ccccc1.c1ccc2ccccc2c1. The van der Waals surface area contributed by atoms with Gasteiger partial charge in [-0.3, -0.25) is 4.55 Å². The Balaban J connectivity index is 0.000000154. The lowest BCUT2D eigenvalue weighted by atomic mass is 10.1. The van der Waals surface area contributed by atoms with E-state index in [-0.39, 0.29) is 5.75 Å². The van der Waals surface area contributed by atoms with Gasteiger partial charge in [0, 0.05) is 0 Å². The van der Waals surface area contributed by atoms with Gasteiger partial charge in [0.15, 0.2) is 0 Å². The summed E-state index contributed by atoms with van der Waals surface area (Å²) >= 11 is 0. The number of hydrogen-bond donors (Lipinski definition) is 1. The molecule has 21 heavy (non-hydrogen) atoms. The molecule has 0 aromatic heterocycles. The Kier molecular flexibility index (Phi) is 4.92. The first-order valence-corrected chi connectivity index (χ1v) is 7.57. The van der Waals surface area contributed by atoms with Gasteiger partial charge in [0.2, 0.25) is 0 Å². The summed E-state index contributed by atoms with van der Waals surface area (Å²) in [7, 11) is -4.38. The van der Waals surface area contributed by atoms with Crippen LogP contribution in [0.4, 0.5) is 0 Å². The predicted molar refractivity (Wildman–Crippen MR) is 82.6 cm³/mol. The Morgan fingerprint density at radius 1 is 0.667 bits per heavy atom. The first kappa shape index (κ1) is 15.0. The van der Waals surface area contributed by atoms with Crippen molar-refractivity contribution in [1.82, 2.24) is 0 Å². The third kappa shape index (κ3) is 5.25. The highest BCUT2D eigenvalue weighted by atomic mass is 32.3. The highest BCUT2D eigenvalue weighted by molar-refractivity contribution is 7.81. The zero-order valence-electron chi connectivity index (χ0n) is 11.1. The van der Waals surface area contributed by atoms with Crippen molar-refractivity contribution in [2.75, 3.05) is 0 Å². The fraction of sp³-hybridized carbons (Fsp3) is 0. The minimum Gasteiger partial charge on any atom is -0.362 e. The molecule has 1 N–H and O–H groups in total. The van der Waals surface area contributed by atoms with Crippen molar-refractivity contribution < 1.29 is 17.2 Å². The quantitative estimate of drug-likeness (QED) is 0.733. The second kappa shape index (κ2) is 6.88. The number of rotatable bonds is 2. The lowest BCUT2D eigenvalue weighted by molar-refractivity contribution is 0.387. The number of para-hydroxylation sites is 1. The average molecular weight is 302 g/mol. The second-order valence-corrected chi connectivity index (χ2v) is 5.19. The molecule has 0 fully saturated rings. The van der Waals surface area contributed by atoms with E-state index in [0.717, 1.165) is 0 Å². The molecule has 3 aromatic rings. The van der Waals surface area contributed by atoms with Gasteiger partial charge in [0.1, 0.15) is 5.75 Å². The lowest BCUT2D eigenvalue weighted by Gasteiger charge is -1.98. The monoisotopic (exact) mass is 302 g/mol. The molecule has 0 amide bonds. The predicted octanol–water partition coefficient (Wildman–Crippen LogP) is 3.71. The fourth-order valence-electron chi connectivity index (χ4n) is 1.73. The molecule has 0 aliphatic rings. The maximum Gasteiger partial charge on any atom is 0.446 e. The Morgan fingerprint density at radius 2 is 1.05 bits per heavy atom. The standard InChI is InChI=1S/C10H8.C6H6O4S/c1-2-6-10-8-4-3-7-9(10)5-1;7-11(8,9)10-6-4-2-1-3-5-6/h1-8H;1-5H,(H,7,8,9). The Hall–Kier alpha value is -2.37. The van der Waals surface area contributed by atoms with Crippen LogP contribution in [0.1, 0.15) is 0 Å². The zero-order chi connectivity index (χ0) is 15.1. The van der Waals surface area contributed by atoms with Crippen molar-refractivity contribution >= 4 is 21.2 Å². The van der Waals surface area contributed by atoms with Gasteiger partial charge < -0.3 is 4.18 Å². The largest absolute Gasteiger partial charge is 0.446 e. The third-order valence-corrected chi connectivity index (χ3v) is 3.01. The highest BCUT2D eigenvalue weighted by Crippen LogP contribution is 2.11. The molecule has 5 heteroatoms.